The van der Waals surface area contributed by atoms with Crippen molar-refractivity contribution in [2.45, 2.75) is 31.6 Å². The zero-order valence-electron chi connectivity index (χ0n) is 9.96. The molecule has 0 amide bonds. The SMILES string of the molecule is CC1(C)Cc2sc(CCl)nc2-c2ccccc21. The smallest absolute Gasteiger partial charge is 0.108 e. The quantitative estimate of drug-likeness (QED) is 0.696. The fourth-order valence-electron chi connectivity index (χ4n) is 2.56. The molecule has 1 aliphatic rings. The first-order valence-electron chi connectivity index (χ1n) is 5.76. The summed E-state index contributed by atoms with van der Waals surface area (Å²) in [5.41, 5.74) is 4.03. The zero-order valence-corrected chi connectivity index (χ0v) is 11.5. The van der Waals surface area contributed by atoms with E-state index in [4.69, 9.17) is 11.6 Å². The van der Waals surface area contributed by atoms with E-state index in [9.17, 15) is 0 Å². The maximum Gasteiger partial charge on any atom is 0.108 e. The molecule has 1 aromatic heterocycles. The van der Waals surface area contributed by atoms with Gasteiger partial charge in [0.2, 0.25) is 0 Å². The van der Waals surface area contributed by atoms with E-state index in [2.05, 4.69) is 43.1 Å². The third-order valence-electron chi connectivity index (χ3n) is 3.37. The Balaban J connectivity index is 2.26. The van der Waals surface area contributed by atoms with Crippen molar-refractivity contribution >= 4 is 22.9 Å². The molecule has 0 saturated heterocycles. The van der Waals surface area contributed by atoms with Crippen molar-refractivity contribution in [1.29, 1.82) is 0 Å². The monoisotopic (exact) mass is 263 g/mol. The summed E-state index contributed by atoms with van der Waals surface area (Å²) in [4.78, 5) is 6.04. The first-order valence-corrected chi connectivity index (χ1v) is 7.11. The van der Waals surface area contributed by atoms with E-state index >= 15 is 0 Å². The summed E-state index contributed by atoms with van der Waals surface area (Å²) >= 11 is 7.65. The number of halogens is 1. The van der Waals surface area contributed by atoms with Crippen LogP contribution in [-0.4, -0.2) is 4.98 Å². The van der Waals surface area contributed by atoms with Gasteiger partial charge in [-0.2, -0.15) is 0 Å². The molecule has 0 saturated carbocycles. The predicted octanol–water partition coefficient (Wildman–Crippen LogP) is 4.38. The second-order valence-electron chi connectivity index (χ2n) is 5.12. The van der Waals surface area contributed by atoms with Crippen molar-refractivity contribution in [3.05, 3.63) is 39.7 Å². The van der Waals surface area contributed by atoms with E-state index in [1.54, 1.807) is 11.3 Å². The van der Waals surface area contributed by atoms with Gasteiger partial charge in [0.05, 0.1) is 11.6 Å². The third kappa shape index (κ3) is 1.71. The molecule has 0 N–H and O–H groups in total. The second kappa shape index (κ2) is 3.82. The Bertz CT molecular complexity index is 571. The lowest BCUT2D eigenvalue weighted by atomic mass is 9.74. The molecule has 0 bridgehead atoms. The number of fused-ring (bicyclic) bond motifs is 3. The van der Waals surface area contributed by atoms with E-state index in [1.165, 1.54) is 16.0 Å². The molecule has 1 heterocycles. The summed E-state index contributed by atoms with van der Waals surface area (Å²) < 4.78 is 0. The van der Waals surface area contributed by atoms with Gasteiger partial charge in [-0.3, -0.25) is 0 Å². The number of thiazole rings is 1. The zero-order chi connectivity index (χ0) is 12.0. The molecular weight excluding hydrogens is 250 g/mol. The molecule has 0 spiro atoms. The average Bonchev–Trinajstić information content (AvgIpc) is 2.71. The molecule has 0 unspecified atom stereocenters. The number of hydrogen-bond donors (Lipinski definition) is 0. The molecule has 17 heavy (non-hydrogen) atoms. The Kier molecular flexibility index (Phi) is 2.53. The summed E-state index contributed by atoms with van der Waals surface area (Å²) in [5.74, 6) is 0.514. The largest absolute Gasteiger partial charge is 0.240 e. The maximum absolute atomic E-state index is 5.89. The highest BCUT2D eigenvalue weighted by Gasteiger charge is 2.32. The first-order chi connectivity index (χ1) is 8.12. The van der Waals surface area contributed by atoms with Gasteiger partial charge >= 0.3 is 0 Å². The van der Waals surface area contributed by atoms with Crippen LogP contribution in [0.2, 0.25) is 0 Å². The van der Waals surface area contributed by atoms with Gasteiger partial charge in [0, 0.05) is 10.4 Å². The van der Waals surface area contributed by atoms with Crippen LogP contribution in [-0.2, 0) is 17.7 Å². The summed E-state index contributed by atoms with van der Waals surface area (Å²) in [6.07, 6.45) is 1.06. The maximum atomic E-state index is 5.89. The van der Waals surface area contributed by atoms with Gasteiger partial charge in [0.25, 0.3) is 0 Å². The highest BCUT2D eigenvalue weighted by atomic mass is 35.5. The lowest BCUT2D eigenvalue weighted by Gasteiger charge is -2.31. The molecule has 0 aliphatic heterocycles. The van der Waals surface area contributed by atoms with Crippen molar-refractivity contribution in [1.82, 2.24) is 4.98 Å². The molecule has 1 aromatic carbocycles. The van der Waals surface area contributed by atoms with Crippen LogP contribution < -0.4 is 0 Å². The van der Waals surface area contributed by atoms with Gasteiger partial charge in [-0.1, -0.05) is 38.1 Å². The first kappa shape index (κ1) is 11.2. The van der Waals surface area contributed by atoms with Crippen molar-refractivity contribution < 1.29 is 0 Å². The molecule has 1 aliphatic carbocycles. The van der Waals surface area contributed by atoms with Gasteiger partial charge in [-0.05, 0) is 17.4 Å². The van der Waals surface area contributed by atoms with Crippen LogP contribution in [0.5, 0.6) is 0 Å². The summed E-state index contributed by atoms with van der Waals surface area (Å²) in [7, 11) is 0. The molecule has 3 heteroatoms. The molecule has 0 fully saturated rings. The third-order valence-corrected chi connectivity index (χ3v) is 4.84. The Morgan fingerprint density at radius 3 is 2.88 bits per heavy atom. The van der Waals surface area contributed by atoms with Gasteiger partial charge in [0.15, 0.2) is 0 Å². The Hall–Kier alpha value is -0.860. The molecular formula is C14H14ClNS. The highest BCUT2D eigenvalue weighted by molar-refractivity contribution is 7.12. The minimum Gasteiger partial charge on any atom is -0.240 e. The van der Waals surface area contributed by atoms with E-state index in [-0.39, 0.29) is 5.41 Å². The molecule has 0 radical (unpaired) electrons. The molecule has 0 atom stereocenters. The van der Waals surface area contributed by atoms with E-state index < -0.39 is 0 Å². The fraction of sp³-hybridized carbons (Fsp3) is 0.357. The van der Waals surface area contributed by atoms with Crippen molar-refractivity contribution in [3.63, 3.8) is 0 Å². The summed E-state index contributed by atoms with van der Waals surface area (Å²) in [6, 6.07) is 8.59. The van der Waals surface area contributed by atoms with Crippen molar-refractivity contribution in [3.8, 4) is 11.3 Å². The average molecular weight is 264 g/mol. The Morgan fingerprint density at radius 1 is 1.35 bits per heavy atom. The van der Waals surface area contributed by atoms with Crippen LogP contribution in [0, 0.1) is 0 Å². The Morgan fingerprint density at radius 2 is 2.12 bits per heavy atom. The Labute approximate surface area is 110 Å². The minimum absolute atomic E-state index is 0.194. The van der Waals surface area contributed by atoms with Crippen LogP contribution in [0.1, 0.15) is 29.3 Å². The predicted molar refractivity (Wildman–Crippen MR) is 73.8 cm³/mol. The summed E-state index contributed by atoms with van der Waals surface area (Å²) in [6.45, 7) is 4.60. The molecule has 3 rings (SSSR count). The van der Waals surface area contributed by atoms with Gasteiger partial charge < -0.3 is 0 Å². The standard InChI is InChI=1S/C14H14ClNS/c1-14(2)7-11-13(16-12(8-15)17-11)9-5-3-4-6-10(9)14/h3-6H,7-8H2,1-2H3. The van der Waals surface area contributed by atoms with E-state index in [0.29, 0.717) is 5.88 Å². The van der Waals surface area contributed by atoms with Gasteiger partial charge in [-0.25, -0.2) is 4.98 Å². The lowest BCUT2D eigenvalue weighted by Crippen LogP contribution is -2.24. The number of alkyl halides is 1. The van der Waals surface area contributed by atoms with Gasteiger partial charge in [0.1, 0.15) is 5.01 Å². The van der Waals surface area contributed by atoms with Crippen LogP contribution in [0.25, 0.3) is 11.3 Å². The van der Waals surface area contributed by atoms with E-state index in [0.717, 1.165) is 17.1 Å². The second-order valence-corrected chi connectivity index (χ2v) is 6.55. The minimum atomic E-state index is 0.194. The van der Waals surface area contributed by atoms with Crippen LogP contribution in [0.4, 0.5) is 0 Å². The van der Waals surface area contributed by atoms with Crippen LogP contribution in [0.3, 0.4) is 0 Å². The molecule has 88 valence electrons. The van der Waals surface area contributed by atoms with Crippen molar-refractivity contribution in [2.75, 3.05) is 0 Å². The lowest BCUT2D eigenvalue weighted by molar-refractivity contribution is 0.521. The molecule has 2 aromatic rings. The van der Waals surface area contributed by atoms with E-state index in [1.807, 2.05) is 0 Å². The van der Waals surface area contributed by atoms with Crippen LogP contribution >= 0.6 is 22.9 Å². The fourth-order valence-corrected chi connectivity index (χ4v) is 3.95. The normalized spacial score (nSPS) is 16.4. The van der Waals surface area contributed by atoms with Crippen LogP contribution in [0.15, 0.2) is 24.3 Å². The number of nitrogens with zero attached hydrogens (tertiary/aromatic N) is 1. The van der Waals surface area contributed by atoms with Crippen molar-refractivity contribution in [2.24, 2.45) is 0 Å². The number of aromatic nitrogens is 1. The number of rotatable bonds is 1. The topological polar surface area (TPSA) is 12.9 Å². The molecule has 1 nitrogen and oxygen atoms in total. The number of hydrogen-bond acceptors (Lipinski definition) is 2. The number of benzene rings is 1. The summed E-state index contributed by atoms with van der Waals surface area (Å²) in [5, 5.41) is 1.03. The highest BCUT2D eigenvalue weighted by Crippen LogP contribution is 2.44. The van der Waals surface area contributed by atoms with Gasteiger partial charge in [-0.15, -0.1) is 22.9 Å².